The smallest absolute Gasteiger partial charge is 0.407 e. The lowest BCUT2D eigenvalue weighted by molar-refractivity contribution is 0.0894. The third-order valence-corrected chi connectivity index (χ3v) is 7.03. The number of carbonyl (C=O) groups is 2. The molecule has 0 bridgehead atoms. The second-order valence-electron chi connectivity index (χ2n) is 8.81. The van der Waals surface area contributed by atoms with Crippen LogP contribution in [-0.4, -0.2) is 46.1 Å². The van der Waals surface area contributed by atoms with Crippen LogP contribution in [0.15, 0.2) is 40.9 Å². The Hall–Kier alpha value is -2.80. The van der Waals surface area contributed by atoms with E-state index < -0.39 is 11.5 Å². The van der Waals surface area contributed by atoms with E-state index in [1.165, 1.54) is 4.90 Å². The monoisotopic (exact) mass is 482 g/mol. The Balaban J connectivity index is 1.48. The third kappa shape index (κ3) is 3.22. The van der Waals surface area contributed by atoms with Crippen LogP contribution in [0.4, 0.5) is 4.79 Å². The summed E-state index contributed by atoms with van der Waals surface area (Å²) < 4.78 is 7.16. The van der Waals surface area contributed by atoms with Crippen LogP contribution in [0.5, 0.6) is 5.75 Å². The predicted molar refractivity (Wildman–Crippen MR) is 121 cm³/mol. The van der Waals surface area contributed by atoms with Gasteiger partial charge in [0.2, 0.25) is 0 Å². The molecule has 1 amide bonds. The van der Waals surface area contributed by atoms with E-state index in [0.717, 1.165) is 37.9 Å². The molecule has 2 N–H and O–H groups in total. The van der Waals surface area contributed by atoms with E-state index in [-0.39, 0.29) is 11.9 Å². The number of likely N-dealkylation sites (tertiary alicyclic amines) is 1. The van der Waals surface area contributed by atoms with Crippen LogP contribution in [-0.2, 0) is 5.41 Å². The molecule has 0 atom stereocenters. The number of H-pyrrole nitrogens is 1. The fourth-order valence-electron chi connectivity index (χ4n) is 4.81. The van der Waals surface area contributed by atoms with Gasteiger partial charge in [-0.3, -0.25) is 4.79 Å². The topological polar surface area (TPSA) is 82.6 Å². The van der Waals surface area contributed by atoms with Gasteiger partial charge in [0.25, 0.3) is 0 Å². The van der Waals surface area contributed by atoms with Crippen LogP contribution in [0.2, 0.25) is 0 Å². The van der Waals surface area contributed by atoms with Crippen molar-refractivity contribution >= 4 is 38.7 Å². The summed E-state index contributed by atoms with van der Waals surface area (Å²) in [6, 6.07) is 11.6. The summed E-state index contributed by atoms with van der Waals surface area (Å²) in [5.41, 5.74) is 3.86. The van der Waals surface area contributed by atoms with E-state index in [0.29, 0.717) is 31.5 Å². The molecule has 7 heteroatoms. The van der Waals surface area contributed by atoms with Crippen LogP contribution in [0.3, 0.4) is 0 Å². The van der Waals surface area contributed by atoms with Crippen molar-refractivity contribution in [2.24, 2.45) is 0 Å². The van der Waals surface area contributed by atoms with Crippen molar-refractivity contribution in [1.29, 1.82) is 0 Å². The molecule has 1 fully saturated rings. The number of hydrogen-bond donors (Lipinski definition) is 2. The number of ether oxygens (including phenoxy) is 1. The highest BCUT2D eigenvalue weighted by Crippen LogP contribution is 2.45. The fraction of sp³-hybridized carbons (Fsp3) is 0.333. The van der Waals surface area contributed by atoms with E-state index in [9.17, 15) is 9.59 Å². The zero-order valence-corrected chi connectivity index (χ0v) is 19.0. The highest BCUT2D eigenvalue weighted by molar-refractivity contribution is 9.10. The van der Waals surface area contributed by atoms with Crippen LogP contribution >= 0.6 is 15.9 Å². The molecule has 1 saturated heterocycles. The molecule has 1 aliphatic heterocycles. The molecular weight excluding hydrogens is 460 g/mol. The molecule has 0 radical (unpaired) electrons. The zero-order chi connectivity index (χ0) is 21.9. The van der Waals surface area contributed by atoms with Gasteiger partial charge in [-0.2, -0.15) is 0 Å². The molecule has 0 saturated carbocycles. The summed E-state index contributed by atoms with van der Waals surface area (Å²) in [4.78, 5) is 29.4. The summed E-state index contributed by atoms with van der Waals surface area (Å²) in [7, 11) is 0. The molecule has 0 unspecified atom stereocenters. The fourth-order valence-corrected chi connectivity index (χ4v) is 5.17. The highest BCUT2D eigenvalue weighted by Gasteiger charge is 2.40. The Kier molecular flexibility index (Phi) is 4.62. The maximum absolute atomic E-state index is 13.4. The molecule has 2 aliphatic rings. The van der Waals surface area contributed by atoms with Gasteiger partial charge < -0.3 is 19.7 Å². The minimum Gasteiger partial charge on any atom is -0.490 e. The quantitative estimate of drug-likeness (QED) is 0.517. The number of rotatable bonds is 2. The Morgan fingerprint density at radius 2 is 1.94 bits per heavy atom. The minimum atomic E-state index is -0.881. The highest BCUT2D eigenvalue weighted by atomic mass is 79.9. The van der Waals surface area contributed by atoms with Gasteiger partial charge in [0, 0.05) is 58.0 Å². The normalized spacial score (nSPS) is 18.0. The number of ketones is 1. The predicted octanol–water partition coefficient (Wildman–Crippen LogP) is 5.32. The SMILES string of the molecule is CC1(C)c2cc(OC3CCN(C(=O)O)CC3)ccc2C(=O)c2c1[nH]c1cc(Br)ccc21. The van der Waals surface area contributed by atoms with E-state index in [1.807, 2.05) is 36.4 Å². The van der Waals surface area contributed by atoms with E-state index in [1.54, 1.807) is 0 Å². The van der Waals surface area contributed by atoms with Crippen LogP contribution in [0.1, 0.15) is 53.9 Å². The molecule has 31 heavy (non-hydrogen) atoms. The standard InChI is InChI=1S/C24H23BrN2O4/c1-24(2)18-12-15(31-14-7-9-27(10-8-14)23(29)30)4-6-16(18)21(28)20-17-5-3-13(25)11-19(17)26-22(20)24/h3-6,11-12,14,26H,7-10H2,1-2H3,(H,29,30). The van der Waals surface area contributed by atoms with Crippen molar-refractivity contribution in [2.45, 2.75) is 38.2 Å². The summed E-state index contributed by atoms with van der Waals surface area (Å²) in [6.45, 7) is 5.19. The van der Waals surface area contributed by atoms with Gasteiger partial charge in [0.15, 0.2) is 5.78 Å². The Labute approximate surface area is 188 Å². The van der Waals surface area contributed by atoms with E-state index in [4.69, 9.17) is 9.84 Å². The van der Waals surface area contributed by atoms with Crippen LogP contribution in [0, 0.1) is 0 Å². The Morgan fingerprint density at radius 1 is 1.19 bits per heavy atom. The van der Waals surface area contributed by atoms with Crippen molar-refractivity contribution in [3.05, 3.63) is 63.3 Å². The van der Waals surface area contributed by atoms with Gasteiger partial charge >= 0.3 is 6.09 Å². The number of nitrogens with zero attached hydrogens (tertiary/aromatic N) is 1. The van der Waals surface area contributed by atoms with Crippen LogP contribution in [0.25, 0.3) is 10.9 Å². The summed E-state index contributed by atoms with van der Waals surface area (Å²) >= 11 is 3.51. The Morgan fingerprint density at radius 3 is 2.65 bits per heavy atom. The maximum atomic E-state index is 13.4. The number of aromatic amines is 1. The van der Waals surface area contributed by atoms with Gasteiger partial charge in [-0.25, -0.2) is 4.79 Å². The van der Waals surface area contributed by atoms with Gasteiger partial charge in [0.1, 0.15) is 11.9 Å². The molecule has 3 aromatic rings. The molecule has 2 aromatic carbocycles. The number of benzene rings is 2. The number of fused-ring (bicyclic) bond motifs is 4. The number of hydrogen-bond acceptors (Lipinski definition) is 3. The average molecular weight is 483 g/mol. The first-order valence-corrected chi connectivity index (χ1v) is 11.2. The third-order valence-electron chi connectivity index (χ3n) is 6.54. The summed E-state index contributed by atoms with van der Waals surface area (Å²) in [6.07, 6.45) is 0.408. The molecule has 160 valence electrons. The Bertz CT molecular complexity index is 1220. The van der Waals surface area contributed by atoms with E-state index >= 15 is 0 Å². The van der Waals surface area contributed by atoms with Gasteiger partial charge in [-0.05, 0) is 35.9 Å². The minimum absolute atomic E-state index is 0.0270. The average Bonchev–Trinajstić information content (AvgIpc) is 3.12. The first-order chi connectivity index (χ1) is 14.8. The molecule has 0 spiro atoms. The van der Waals surface area contributed by atoms with Crippen LogP contribution < -0.4 is 4.74 Å². The first-order valence-electron chi connectivity index (χ1n) is 10.4. The van der Waals surface area contributed by atoms with Gasteiger partial charge in [-0.15, -0.1) is 0 Å². The first kappa shape index (κ1) is 20.1. The second-order valence-corrected chi connectivity index (χ2v) is 9.73. The maximum Gasteiger partial charge on any atom is 0.407 e. The van der Waals surface area contributed by atoms with Crippen molar-refractivity contribution < 1.29 is 19.4 Å². The molecule has 6 nitrogen and oxygen atoms in total. The largest absolute Gasteiger partial charge is 0.490 e. The van der Waals surface area contributed by atoms with E-state index in [2.05, 4.69) is 34.8 Å². The lowest BCUT2D eigenvalue weighted by Gasteiger charge is -2.33. The van der Waals surface area contributed by atoms with Gasteiger partial charge in [0.05, 0.1) is 5.56 Å². The number of piperidine rings is 1. The van der Waals surface area contributed by atoms with Crippen molar-refractivity contribution in [3.8, 4) is 5.75 Å². The molecule has 5 rings (SSSR count). The number of amides is 1. The van der Waals surface area contributed by atoms with Crippen molar-refractivity contribution in [3.63, 3.8) is 0 Å². The summed E-state index contributed by atoms with van der Waals surface area (Å²) in [5.74, 6) is 0.745. The molecular formula is C24H23BrN2O4. The van der Waals surface area contributed by atoms with Crippen molar-refractivity contribution in [2.75, 3.05) is 13.1 Å². The molecule has 1 aliphatic carbocycles. The van der Waals surface area contributed by atoms with Crippen molar-refractivity contribution in [1.82, 2.24) is 9.88 Å². The number of carboxylic acid groups (broad SMARTS) is 1. The zero-order valence-electron chi connectivity index (χ0n) is 17.4. The second kappa shape index (κ2) is 7.12. The lowest BCUT2D eigenvalue weighted by Crippen LogP contribution is -2.41. The molecule has 1 aromatic heterocycles. The number of nitrogens with one attached hydrogen (secondary N) is 1. The lowest BCUT2D eigenvalue weighted by atomic mass is 9.71. The number of aromatic nitrogens is 1. The molecule has 2 heterocycles. The van der Waals surface area contributed by atoms with Gasteiger partial charge in [-0.1, -0.05) is 35.8 Å². The number of halogens is 1. The summed E-state index contributed by atoms with van der Waals surface area (Å²) in [5, 5.41) is 10.1. The number of carbonyl (C=O) groups excluding carboxylic acids is 1.